The lowest BCUT2D eigenvalue weighted by atomic mass is 10.2. The van der Waals surface area contributed by atoms with Crippen LogP contribution < -0.4 is 15.0 Å². The Bertz CT molecular complexity index is 833. The number of benzene rings is 3. The van der Waals surface area contributed by atoms with E-state index in [-0.39, 0.29) is 5.91 Å². The number of carbonyl (C=O) groups is 1. The molecular weight excluding hydrogens is 336 g/mol. The number of hydrogen-bond donors (Lipinski definition) is 1. The van der Waals surface area contributed by atoms with Crippen LogP contribution in [-0.2, 0) is 17.9 Å². The van der Waals surface area contributed by atoms with E-state index in [1.807, 2.05) is 72.8 Å². The smallest absolute Gasteiger partial charge is 0.239 e. The first kappa shape index (κ1) is 18.5. The Morgan fingerprint density at radius 3 is 2.11 bits per heavy atom. The van der Waals surface area contributed by atoms with Gasteiger partial charge >= 0.3 is 0 Å². The van der Waals surface area contributed by atoms with E-state index in [0.29, 0.717) is 19.6 Å². The summed E-state index contributed by atoms with van der Waals surface area (Å²) < 4.78 is 5.16. The number of para-hydroxylation sites is 1. The number of nitrogens with one attached hydrogen (secondary N) is 1. The number of amides is 1. The Morgan fingerprint density at radius 1 is 0.852 bits per heavy atom. The summed E-state index contributed by atoms with van der Waals surface area (Å²) in [5.74, 6) is 0.800. The van der Waals surface area contributed by atoms with E-state index in [2.05, 4.69) is 22.3 Å². The van der Waals surface area contributed by atoms with Gasteiger partial charge in [-0.2, -0.15) is 0 Å². The Hall–Kier alpha value is -3.27. The van der Waals surface area contributed by atoms with Crippen molar-refractivity contribution in [2.45, 2.75) is 13.1 Å². The maximum Gasteiger partial charge on any atom is 0.239 e. The summed E-state index contributed by atoms with van der Waals surface area (Å²) in [5, 5.41) is 3.00. The van der Waals surface area contributed by atoms with Crippen molar-refractivity contribution in [3.63, 3.8) is 0 Å². The van der Waals surface area contributed by atoms with Crippen LogP contribution in [0.25, 0.3) is 0 Å². The van der Waals surface area contributed by atoms with Crippen molar-refractivity contribution in [3.05, 3.63) is 96.1 Å². The third kappa shape index (κ3) is 5.61. The van der Waals surface area contributed by atoms with Gasteiger partial charge in [0, 0.05) is 18.8 Å². The quantitative estimate of drug-likeness (QED) is 0.660. The highest BCUT2D eigenvalue weighted by molar-refractivity contribution is 5.81. The molecule has 0 spiro atoms. The van der Waals surface area contributed by atoms with Crippen LogP contribution in [-0.4, -0.2) is 19.6 Å². The van der Waals surface area contributed by atoms with Gasteiger partial charge in [-0.1, -0.05) is 60.7 Å². The molecule has 27 heavy (non-hydrogen) atoms. The van der Waals surface area contributed by atoms with Gasteiger partial charge in [-0.05, 0) is 35.4 Å². The number of carbonyl (C=O) groups excluding carboxylic acids is 1. The van der Waals surface area contributed by atoms with Crippen LogP contribution in [0.1, 0.15) is 11.1 Å². The van der Waals surface area contributed by atoms with Crippen LogP contribution in [0.15, 0.2) is 84.9 Å². The van der Waals surface area contributed by atoms with Crippen molar-refractivity contribution in [1.82, 2.24) is 5.32 Å². The molecule has 0 fully saturated rings. The number of nitrogens with zero attached hydrogens (tertiary/aromatic N) is 1. The average Bonchev–Trinajstić information content (AvgIpc) is 2.73. The first-order valence-corrected chi connectivity index (χ1v) is 8.98. The van der Waals surface area contributed by atoms with Crippen LogP contribution in [0, 0.1) is 0 Å². The minimum absolute atomic E-state index is 0.00870. The molecule has 0 aliphatic carbocycles. The Morgan fingerprint density at radius 2 is 1.48 bits per heavy atom. The molecular formula is C23H24N2O2. The summed E-state index contributed by atoms with van der Waals surface area (Å²) in [6.07, 6.45) is 0. The highest BCUT2D eigenvalue weighted by Crippen LogP contribution is 2.16. The van der Waals surface area contributed by atoms with Gasteiger partial charge in [-0.25, -0.2) is 0 Å². The Kier molecular flexibility index (Phi) is 6.47. The van der Waals surface area contributed by atoms with Crippen molar-refractivity contribution in [2.75, 3.05) is 18.6 Å². The monoisotopic (exact) mass is 360 g/mol. The zero-order valence-electron chi connectivity index (χ0n) is 15.5. The van der Waals surface area contributed by atoms with E-state index in [1.165, 1.54) is 5.56 Å². The fourth-order valence-corrected chi connectivity index (χ4v) is 2.85. The maximum absolute atomic E-state index is 12.5. The molecule has 4 heteroatoms. The van der Waals surface area contributed by atoms with Crippen LogP contribution in [0.3, 0.4) is 0 Å². The van der Waals surface area contributed by atoms with Crippen molar-refractivity contribution >= 4 is 11.6 Å². The summed E-state index contributed by atoms with van der Waals surface area (Å²) >= 11 is 0. The van der Waals surface area contributed by atoms with E-state index < -0.39 is 0 Å². The van der Waals surface area contributed by atoms with Gasteiger partial charge < -0.3 is 15.0 Å². The lowest BCUT2D eigenvalue weighted by molar-refractivity contribution is -0.119. The summed E-state index contributed by atoms with van der Waals surface area (Å²) in [6, 6.07) is 27.9. The van der Waals surface area contributed by atoms with Gasteiger partial charge in [-0.15, -0.1) is 0 Å². The largest absolute Gasteiger partial charge is 0.497 e. The van der Waals surface area contributed by atoms with Gasteiger partial charge in [0.15, 0.2) is 0 Å². The molecule has 0 aliphatic heterocycles. The molecule has 0 aliphatic rings. The number of ether oxygens (including phenoxy) is 1. The van der Waals surface area contributed by atoms with E-state index in [4.69, 9.17) is 4.74 Å². The summed E-state index contributed by atoms with van der Waals surface area (Å²) in [7, 11) is 1.64. The van der Waals surface area contributed by atoms with Gasteiger partial charge in [0.05, 0.1) is 13.7 Å². The van der Waals surface area contributed by atoms with Gasteiger partial charge in [0.2, 0.25) is 5.91 Å². The molecule has 0 bridgehead atoms. The molecule has 0 saturated heterocycles. The molecule has 0 atom stereocenters. The molecule has 0 saturated carbocycles. The van der Waals surface area contributed by atoms with E-state index in [0.717, 1.165) is 17.0 Å². The molecule has 3 aromatic carbocycles. The average molecular weight is 360 g/mol. The van der Waals surface area contributed by atoms with Crippen LogP contribution >= 0.6 is 0 Å². The summed E-state index contributed by atoms with van der Waals surface area (Å²) in [6.45, 7) is 1.48. The van der Waals surface area contributed by atoms with E-state index in [1.54, 1.807) is 7.11 Å². The summed E-state index contributed by atoms with van der Waals surface area (Å²) in [4.78, 5) is 14.6. The fraction of sp³-hybridized carbons (Fsp3) is 0.174. The molecule has 0 unspecified atom stereocenters. The molecule has 3 rings (SSSR count). The minimum Gasteiger partial charge on any atom is -0.497 e. The van der Waals surface area contributed by atoms with Crippen molar-refractivity contribution in [2.24, 2.45) is 0 Å². The van der Waals surface area contributed by atoms with Crippen LogP contribution in [0.4, 0.5) is 5.69 Å². The highest BCUT2D eigenvalue weighted by Gasteiger charge is 2.12. The molecule has 0 heterocycles. The standard InChI is InChI=1S/C23H24N2O2/c1-27-22-14-12-19(13-15-22)16-24-23(26)18-25(21-10-6-3-7-11-21)17-20-8-4-2-5-9-20/h2-15H,16-18H2,1H3,(H,24,26). The fourth-order valence-electron chi connectivity index (χ4n) is 2.85. The normalized spacial score (nSPS) is 10.3. The number of hydrogen-bond acceptors (Lipinski definition) is 3. The molecule has 138 valence electrons. The third-order valence-corrected chi connectivity index (χ3v) is 4.32. The zero-order valence-corrected chi connectivity index (χ0v) is 15.5. The predicted molar refractivity (Wildman–Crippen MR) is 109 cm³/mol. The topological polar surface area (TPSA) is 41.6 Å². The maximum atomic E-state index is 12.5. The predicted octanol–water partition coefficient (Wildman–Crippen LogP) is 4.02. The number of anilines is 1. The third-order valence-electron chi connectivity index (χ3n) is 4.32. The number of rotatable bonds is 8. The second-order valence-corrected chi connectivity index (χ2v) is 6.30. The highest BCUT2D eigenvalue weighted by atomic mass is 16.5. The second-order valence-electron chi connectivity index (χ2n) is 6.30. The molecule has 1 amide bonds. The first-order valence-electron chi connectivity index (χ1n) is 8.98. The van der Waals surface area contributed by atoms with Crippen molar-refractivity contribution < 1.29 is 9.53 Å². The Labute approximate surface area is 160 Å². The SMILES string of the molecule is COc1ccc(CNC(=O)CN(Cc2ccccc2)c2ccccc2)cc1. The molecule has 0 aromatic heterocycles. The second kappa shape index (κ2) is 9.43. The molecule has 1 N–H and O–H groups in total. The Balaban J connectivity index is 1.63. The molecule has 3 aromatic rings. The minimum atomic E-state index is -0.00870. The number of methoxy groups -OCH3 is 1. The van der Waals surface area contributed by atoms with Gasteiger partial charge in [0.1, 0.15) is 5.75 Å². The van der Waals surface area contributed by atoms with E-state index >= 15 is 0 Å². The van der Waals surface area contributed by atoms with E-state index in [9.17, 15) is 4.79 Å². The lowest BCUT2D eigenvalue weighted by Gasteiger charge is -2.24. The first-order chi connectivity index (χ1) is 13.2. The van der Waals surface area contributed by atoms with Gasteiger partial charge in [-0.3, -0.25) is 4.79 Å². The van der Waals surface area contributed by atoms with Crippen LogP contribution in [0.2, 0.25) is 0 Å². The zero-order chi connectivity index (χ0) is 18.9. The van der Waals surface area contributed by atoms with Crippen molar-refractivity contribution in [3.8, 4) is 5.75 Å². The van der Waals surface area contributed by atoms with Crippen molar-refractivity contribution in [1.29, 1.82) is 0 Å². The van der Waals surface area contributed by atoms with Crippen LogP contribution in [0.5, 0.6) is 5.75 Å². The molecule has 0 radical (unpaired) electrons. The lowest BCUT2D eigenvalue weighted by Crippen LogP contribution is -2.36. The molecule has 4 nitrogen and oxygen atoms in total. The summed E-state index contributed by atoms with van der Waals surface area (Å²) in [5.41, 5.74) is 3.24. The van der Waals surface area contributed by atoms with Gasteiger partial charge in [0.25, 0.3) is 0 Å².